The van der Waals surface area contributed by atoms with Gasteiger partial charge in [0.25, 0.3) is 0 Å². The summed E-state index contributed by atoms with van der Waals surface area (Å²) in [6, 6.07) is 6.10. The summed E-state index contributed by atoms with van der Waals surface area (Å²) in [4.78, 5) is 0. The third-order valence-corrected chi connectivity index (χ3v) is 3.56. The molecule has 0 bridgehead atoms. The smallest absolute Gasteiger partial charge is 0.148 e. The topological polar surface area (TPSA) is 25.2 Å². The first-order valence-corrected chi connectivity index (χ1v) is 6.94. The molecule has 4 heteroatoms. The molecule has 2 rings (SSSR count). The highest BCUT2D eigenvalue weighted by atomic mass is 79.9. The van der Waals surface area contributed by atoms with Gasteiger partial charge >= 0.3 is 0 Å². The van der Waals surface area contributed by atoms with Gasteiger partial charge < -0.3 is 9.73 Å². The summed E-state index contributed by atoms with van der Waals surface area (Å²) < 4.78 is 6.79. The number of hydrogen-bond donors (Lipinski definition) is 1. The van der Waals surface area contributed by atoms with Crippen molar-refractivity contribution in [3.63, 3.8) is 0 Å². The van der Waals surface area contributed by atoms with Crippen LogP contribution in [0.1, 0.15) is 32.1 Å². The van der Waals surface area contributed by atoms with Crippen molar-refractivity contribution >= 4 is 38.5 Å². The summed E-state index contributed by atoms with van der Waals surface area (Å²) in [5.41, 5.74) is 0.862. The number of fused-ring (bicyclic) bond motifs is 1. The van der Waals surface area contributed by atoms with E-state index in [-0.39, 0.29) is 6.04 Å². The minimum Gasteiger partial charge on any atom is -0.458 e. The molecule has 0 saturated heterocycles. The van der Waals surface area contributed by atoms with E-state index in [9.17, 15) is 0 Å². The molecule has 1 heterocycles. The van der Waals surface area contributed by atoms with E-state index in [0.717, 1.165) is 34.2 Å². The van der Waals surface area contributed by atoms with Crippen LogP contribution in [0.5, 0.6) is 0 Å². The Morgan fingerprint density at radius 1 is 1.35 bits per heavy atom. The molecule has 1 N–H and O–H groups in total. The number of rotatable bonds is 4. The molecule has 1 atom stereocenters. The van der Waals surface area contributed by atoms with E-state index in [1.807, 2.05) is 12.1 Å². The van der Waals surface area contributed by atoms with Gasteiger partial charge in [0, 0.05) is 10.4 Å². The fraction of sp³-hybridized carbons (Fsp3) is 0.385. The van der Waals surface area contributed by atoms with Crippen molar-refractivity contribution in [3.8, 4) is 0 Å². The van der Waals surface area contributed by atoms with Gasteiger partial charge in [0.15, 0.2) is 0 Å². The van der Waals surface area contributed by atoms with Crippen LogP contribution in [-0.2, 0) is 0 Å². The summed E-state index contributed by atoms with van der Waals surface area (Å²) in [5, 5.41) is 5.16. The van der Waals surface area contributed by atoms with Crippen molar-refractivity contribution in [1.29, 1.82) is 0 Å². The van der Waals surface area contributed by atoms with Crippen molar-refractivity contribution in [2.75, 3.05) is 6.54 Å². The Balaban J connectivity index is 2.46. The first kappa shape index (κ1) is 12.9. The average molecular weight is 317 g/mol. The SMILES string of the molecule is CCNC(CC)c1cc2cc(Cl)cc(Br)c2o1. The molecule has 0 radical (unpaired) electrons. The van der Waals surface area contributed by atoms with E-state index in [4.69, 9.17) is 16.0 Å². The lowest BCUT2D eigenvalue weighted by Crippen LogP contribution is -2.19. The zero-order valence-corrected chi connectivity index (χ0v) is 12.2. The average Bonchev–Trinajstić information content (AvgIpc) is 2.69. The molecule has 2 nitrogen and oxygen atoms in total. The molecule has 0 saturated carbocycles. The Bertz CT molecular complexity index is 523. The summed E-state index contributed by atoms with van der Waals surface area (Å²) in [6.07, 6.45) is 0.999. The molecule has 0 aliphatic heterocycles. The third kappa shape index (κ3) is 2.67. The Morgan fingerprint density at radius 2 is 2.12 bits per heavy atom. The van der Waals surface area contributed by atoms with Gasteiger partial charge in [-0.1, -0.05) is 25.4 Å². The number of nitrogens with one attached hydrogen (secondary N) is 1. The van der Waals surface area contributed by atoms with Crippen LogP contribution in [0.4, 0.5) is 0 Å². The van der Waals surface area contributed by atoms with Gasteiger partial charge in [-0.3, -0.25) is 0 Å². The van der Waals surface area contributed by atoms with Crippen LogP contribution in [0.3, 0.4) is 0 Å². The second-order valence-corrected chi connectivity index (χ2v) is 5.26. The first-order chi connectivity index (χ1) is 8.15. The van der Waals surface area contributed by atoms with E-state index < -0.39 is 0 Å². The molecular weight excluding hydrogens is 302 g/mol. The molecule has 0 amide bonds. The monoisotopic (exact) mass is 315 g/mol. The zero-order chi connectivity index (χ0) is 12.4. The summed E-state index contributed by atoms with van der Waals surface area (Å²) in [6.45, 7) is 5.16. The van der Waals surface area contributed by atoms with Gasteiger partial charge in [0.1, 0.15) is 11.3 Å². The minimum atomic E-state index is 0.262. The number of hydrogen-bond acceptors (Lipinski definition) is 2. The van der Waals surface area contributed by atoms with Crippen molar-refractivity contribution in [2.45, 2.75) is 26.3 Å². The minimum absolute atomic E-state index is 0.262. The molecule has 0 aliphatic rings. The highest BCUT2D eigenvalue weighted by Crippen LogP contribution is 2.33. The maximum Gasteiger partial charge on any atom is 0.148 e. The number of benzene rings is 1. The van der Waals surface area contributed by atoms with Crippen LogP contribution in [0.15, 0.2) is 27.1 Å². The zero-order valence-electron chi connectivity index (χ0n) is 9.89. The molecule has 1 aromatic heterocycles. The van der Waals surface area contributed by atoms with Crippen LogP contribution >= 0.6 is 27.5 Å². The fourth-order valence-corrected chi connectivity index (χ4v) is 2.87. The standard InChI is InChI=1S/C13H15BrClNO/c1-3-11(16-4-2)12-6-8-5-9(15)7-10(14)13(8)17-12/h5-7,11,16H,3-4H2,1-2H3. The molecule has 0 fully saturated rings. The first-order valence-electron chi connectivity index (χ1n) is 5.77. The largest absolute Gasteiger partial charge is 0.458 e. The van der Waals surface area contributed by atoms with Gasteiger partial charge in [0.2, 0.25) is 0 Å². The van der Waals surface area contributed by atoms with Crippen LogP contribution < -0.4 is 5.32 Å². The van der Waals surface area contributed by atoms with Gasteiger partial charge in [-0.2, -0.15) is 0 Å². The quantitative estimate of drug-likeness (QED) is 0.867. The van der Waals surface area contributed by atoms with Gasteiger partial charge in [-0.15, -0.1) is 0 Å². The Labute approximate surface area is 114 Å². The van der Waals surface area contributed by atoms with Crippen molar-refractivity contribution in [2.24, 2.45) is 0 Å². The lowest BCUT2D eigenvalue weighted by molar-refractivity contribution is 0.428. The summed E-state index contributed by atoms with van der Waals surface area (Å²) >= 11 is 9.49. The lowest BCUT2D eigenvalue weighted by atomic mass is 10.1. The maximum atomic E-state index is 6.02. The van der Waals surface area contributed by atoms with E-state index in [1.54, 1.807) is 0 Å². The second-order valence-electron chi connectivity index (χ2n) is 3.97. The van der Waals surface area contributed by atoms with E-state index in [0.29, 0.717) is 5.02 Å². The molecule has 92 valence electrons. The molecule has 0 spiro atoms. The van der Waals surface area contributed by atoms with Gasteiger partial charge in [-0.05, 0) is 47.1 Å². The molecule has 17 heavy (non-hydrogen) atoms. The van der Waals surface area contributed by atoms with Crippen molar-refractivity contribution in [3.05, 3.63) is 33.5 Å². The van der Waals surface area contributed by atoms with Gasteiger partial charge in [0.05, 0.1) is 10.5 Å². The van der Waals surface area contributed by atoms with Crippen LogP contribution in [0.25, 0.3) is 11.0 Å². The maximum absolute atomic E-state index is 6.02. The molecule has 2 aromatic rings. The van der Waals surface area contributed by atoms with Crippen LogP contribution in [0.2, 0.25) is 5.02 Å². The highest BCUT2D eigenvalue weighted by Gasteiger charge is 2.15. The molecular formula is C13H15BrClNO. The molecule has 0 aliphatic carbocycles. The normalized spacial score (nSPS) is 13.2. The Hall–Kier alpha value is -0.510. The predicted molar refractivity (Wildman–Crippen MR) is 75.6 cm³/mol. The highest BCUT2D eigenvalue weighted by molar-refractivity contribution is 9.10. The third-order valence-electron chi connectivity index (χ3n) is 2.76. The van der Waals surface area contributed by atoms with Crippen molar-refractivity contribution in [1.82, 2.24) is 5.32 Å². The summed E-state index contributed by atoms with van der Waals surface area (Å²) in [5.74, 6) is 0.965. The Morgan fingerprint density at radius 3 is 2.76 bits per heavy atom. The number of furan rings is 1. The van der Waals surface area contributed by atoms with Gasteiger partial charge in [-0.25, -0.2) is 0 Å². The molecule has 1 unspecified atom stereocenters. The van der Waals surface area contributed by atoms with E-state index in [2.05, 4.69) is 41.2 Å². The fourth-order valence-electron chi connectivity index (χ4n) is 1.96. The van der Waals surface area contributed by atoms with E-state index >= 15 is 0 Å². The lowest BCUT2D eigenvalue weighted by Gasteiger charge is -2.12. The number of halogens is 2. The molecule has 1 aromatic carbocycles. The second kappa shape index (κ2) is 5.42. The van der Waals surface area contributed by atoms with E-state index in [1.165, 1.54) is 0 Å². The van der Waals surface area contributed by atoms with Crippen LogP contribution in [-0.4, -0.2) is 6.54 Å². The summed E-state index contributed by atoms with van der Waals surface area (Å²) in [7, 11) is 0. The van der Waals surface area contributed by atoms with Crippen molar-refractivity contribution < 1.29 is 4.42 Å². The van der Waals surface area contributed by atoms with Crippen LogP contribution in [0, 0.1) is 0 Å². The Kier molecular flexibility index (Phi) is 4.13. The predicted octanol–water partition coefficient (Wildman–Crippen LogP) is 4.91.